The summed E-state index contributed by atoms with van der Waals surface area (Å²) in [6.45, 7) is 0.158. The van der Waals surface area contributed by atoms with Crippen molar-refractivity contribution in [2.45, 2.75) is 6.10 Å². The summed E-state index contributed by atoms with van der Waals surface area (Å²) in [6, 6.07) is 4.74. The molecule has 1 aliphatic rings. The molecule has 3 N–H and O–H groups in total. The lowest BCUT2D eigenvalue weighted by molar-refractivity contribution is -0.126. The van der Waals surface area contributed by atoms with E-state index >= 15 is 0 Å². The van der Waals surface area contributed by atoms with Crippen LogP contribution in [0.1, 0.15) is 11.7 Å². The molecule has 0 aliphatic carbocycles. The van der Waals surface area contributed by atoms with Crippen molar-refractivity contribution in [1.29, 1.82) is 0 Å². The highest BCUT2D eigenvalue weighted by Crippen LogP contribution is 2.33. The lowest BCUT2D eigenvalue weighted by atomic mass is 10.1. The van der Waals surface area contributed by atoms with Crippen LogP contribution in [-0.4, -0.2) is 17.8 Å². The number of amides is 1. The van der Waals surface area contributed by atoms with E-state index in [-0.39, 0.29) is 6.79 Å². The molecule has 0 bridgehead atoms. The molecule has 1 atom stereocenters. The van der Waals surface area contributed by atoms with Gasteiger partial charge in [0.05, 0.1) is 0 Å². The van der Waals surface area contributed by atoms with Crippen LogP contribution in [0.2, 0.25) is 0 Å². The molecule has 74 valence electrons. The second-order valence-corrected chi connectivity index (χ2v) is 2.92. The van der Waals surface area contributed by atoms with Crippen LogP contribution < -0.4 is 15.2 Å². The molecular weight excluding hydrogens is 186 g/mol. The Hall–Kier alpha value is -1.75. The predicted octanol–water partition coefficient (Wildman–Crippen LogP) is -0.0660. The van der Waals surface area contributed by atoms with E-state index in [1.54, 1.807) is 12.1 Å². The molecule has 2 rings (SSSR count). The number of hydrogen-bond acceptors (Lipinski definition) is 4. The number of rotatable bonds is 2. The van der Waals surface area contributed by atoms with Gasteiger partial charge >= 0.3 is 0 Å². The normalized spacial score (nSPS) is 15.2. The maximum absolute atomic E-state index is 10.7. The van der Waals surface area contributed by atoms with Gasteiger partial charge in [0.25, 0.3) is 5.91 Å². The maximum atomic E-state index is 10.7. The molecule has 1 aromatic rings. The van der Waals surface area contributed by atoms with Crippen molar-refractivity contribution in [3.63, 3.8) is 0 Å². The molecule has 14 heavy (non-hydrogen) atoms. The van der Waals surface area contributed by atoms with E-state index in [0.717, 1.165) is 0 Å². The molecule has 0 unspecified atom stereocenters. The largest absolute Gasteiger partial charge is 0.454 e. The Morgan fingerprint density at radius 3 is 2.86 bits per heavy atom. The number of carbonyl (C=O) groups excluding carboxylic acids is 1. The quantitative estimate of drug-likeness (QED) is 0.692. The molecule has 0 saturated carbocycles. The summed E-state index contributed by atoms with van der Waals surface area (Å²) in [4.78, 5) is 10.7. The van der Waals surface area contributed by atoms with Crippen molar-refractivity contribution in [1.82, 2.24) is 0 Å². The third kappa shape index (κ3) is 1.38. The minimum Gasteiger partial charge on any atom is -0.454 e. The van der Waals surface area contributed by atoms with Crippen LogP contribution in [0.25, 0.3) is 0 Å². The van der Waals surface area contributed by atoms with Crippen LogP contribution in [-0.2, 0) is 4.79 Å². The fourth-order valence-electron chi connectivity index (χ4n) is 1.25. The first-order valence-electron chi connectivity index (χ1n) is 4.05. The van der Waals surface area contributed by atoms with Gasteiger partial charge in [-0.15, -0.1) is 0 Å². The first kappa shape index (κ1) is 8.83. The molecule has 0 radical (unpaired) electrons. The Morgan fingerprint density at radius 2 is 2.14 bits per heavy atom. The van der Waals surface area contributed by atoms with Gasteiger partial charge in [-0.25, -0.2) is 0 Å². The number of nitrogens with two attached hydrogens (primary N) is 1. The van der Waals surface area contributed by atoms with Gasteiger partial charge in [-0.1, -0.05) is 6.07 Å². The fourth-order valence-corrected chi connectivity index (χ4v) is 1.25. The highest BCUT2D eigenvalue weighted by molar-refractivity contribution is 5.80. The summed E-state index contributed by atoms with van der Waals surface area (Å²) < 4.78 is 10.2. The van der Waals surface area contributed by atoms with Gasteiger partial charge in [0.1, 0.15) is 0 Å². The first-order valence-corrected chi connectivity index (χ1v) is 4.05. The number of primary amides is 1. The predicted molar refractivity (Wildman–Crippen MR) is 46.7 cm³/mol. The van der Waals surface area contributed by atoms with Crippen molar-refractivity contribution < 1.29 is 19.4 Å². The van der Waals surface area contributed by atoms with E-state index in [4.69, 9.17) is 15.2 Å². The van der Waals surface area contributed by atoms with E-state index in [0.29, 0.717) is 17.1 Å². The standard InChI is InChI=1S/C9H9NO4/c10-9(12)8(11)5-1-2-6-7(3-5)14-4-13-6/h1-3,8,11H,4H2,(H2,10,12)/t8-/m0/s1. The molecule has 1 amide bonds. The molecular formula is C9H9NO4. The minimum atomic E-state index is -1.30. The SMILES string of the molecule is NC(=O)[C@@H](O)c1ccc2c(c1)OCO2. The van der Waals surface area contributed by atoms with E-state index in [1.165, 1.54) is 6.07 Å². The monoisotopic (exact) mass is 195 g/mol. The lowest BCUT2D eigenvalue weighted by Gasteiger charge is -2.06. The summed E-state index contributed by atoms with van der Waals surface area (Å²) in [5, 5.41) is 9.36. The van der Waals surface area contributed by atoms with E-state index < -0.39 is 12.0 Å². The Balaban J connectivity index is 2.33. The van der Waals surface area contributed by atoms with Gasteiger partial charge in [-0.3, -0.25) is 4.79 Å². The number of fused-ring (bicyclic) bond motifs is 1. The molecule has 0 spiro atoms. The average molecular weight is 195 g/mol. The molecule has 5 nitrogen and oxygen atoms in total. The minimum absolute atomic E-state index is 0.158. The fraction of sp³-hybridized carbons (Fsp3) is 0.222. The summed E-state index contributed by atoms with van der Waals surface area (Å²) in [5.41, 5.74) is 5.36. The first-order chi connectivity index (χ1) is 6.68. The van der Waals surface area contributed by atoms with Crippen LogP contribution in [0.4, 0.5) is 0 Å². The zero-order chi connectivity index (χ0) is 10.1. The number of ether oxygens (including phenoxy) is 2. The van der Waals surface area contributed by atoms with Crippen molar-refractivity contribution in [3.8, 4) is 11.5 Å². The number of hydrogen-bond donors (Lipinski definition) is 2. The molecule has 1 aliphatic heterocycles. The van der Waals surface area contributed by atoms with Crippen LogP contribution in [0.15, 0.2) is 18.2 Å². The summed E-state index contributed by atoms with van der Waals surface area (Å²) in [6.07, 6.45) is -1.30. The Labute approximate surface area is 80.0 Å². The lowest BCUT2D eigenvalue weighted by Crippen LogP contribution is -2.20. The molecule has 1 aromatic carbocycles. The number of aliphatic hydroxyl groups excluding tert-OH is 1. The number of aliphatic hydroxyl groups is 1. The highest BCUT2D eigenvalue weighted by atomic mass is 16.7. The summed E-state index contributed by atoms with van der Waals surface area (Å²) >= 11 is 0. The summed E-state index contributed by atoms with van der Waals surface area (Å²) in [5.74, 6) is 0.331. The number of benzene rings is 1. The Morgan fingerprint density at radius 1 is 1.43 bits per heavy atom. The van der Waals surface area contributed by atoms with Crippen LogP contribution in [0.5, 0.6) is 11.5 Å². The van der Waals surface area contributed by atoms with Gasteiger partial charge in [0.15, 0.2) is 17.6 Å². The van der Waals surface area contributed by atoms with Gasteiger partial charge in [-0.05, 0) is 17.7 Å². The average Bonchev–Trinajstić information content (AvgIpc) is 2.62. The van der Waals surface area contributed by atoms with Crippen LogP contribution in [0.3, 0.4) is 0 Å². The molecule has 5 heteroatoms. The molecule has 0 fully saturated rings. The van der Waals surface area contributed by atoms with Crippen LogP contribution in [0, 0.1) is 0 Å². The third-order valence-corrected chi connectivity index (χ3v) is 1.98. The zero-order valence-electron chi connectivity index (χ0n) is 7.27. The van der Waals surface area contributed by atoms with Crippen molar-refractivity contribution in [2.24, 2.45) is 5.73 Å². The molecule has 0 aromatic heterocycles. The van der Waals surface area contributed by atoms with Crippen molar-refractivity contribution >= 4 is 5.91 Å². The summed E-state index contributed by atoms with van der Waals surface area (Å²) in [7, 11) is 0. The number of carbonyl (C=O) groups is 1. The topological polar surface area (TPSA) is 81.8 Å². The molecule has 1 heterocycles. The smallest absolute Gasteiger partial charge is 0.250 e. The van der Waals surface area contributed by atoms with Gasteiger partial charge in [0.2, 0.25) is 6.79 Å². The van der Waals surface area contributed by atoms with E-state index in [2.05, 4.69) is 0 Å². The highest BCUT2D eigenvalue weighted by Gasteiger charge is 2.19. The second kappa shape index (κ2) is 3.19. The van der Waals surface area contributed by atoms with Crippen molar-refractivity contribution in [3.05, 3.63) is 23.8 Å². The van der Waals surface area contributed by atoms with E-state index in [1.807, 2.05) is 0 Å². The van der Waals surface area contributed by atoms with Crippen LogP contribution >= 0.6 is 0 Å². The molecule has 0 saturated heterocycles. The second-order valence-electron chi connectivity index (χ2n) is 2.92. The third-order valence-electron chi connectivity index (χ3n) is 1.98. The maximum Gasteiger partial charge on any atom is 0.250 e. The van der Waals surface area contributed by atoms with Crippen molar-refractivity contribution in [2.75, 3.05) is 6.79 Å². The van der Waals surface area contributed by atoms with E-state index in [9.17, 15) is 9.90 Å². The van der Waals surface area contributed by atoms with Gasteiger partial charge < -0.3 is 20.3 Å². The Kier molecular flexibility index (Phi) is 2.01. The Bertz CT molecular complexity index is 377. The van der Waals surface area contributed by atoms with Gasteiger partial charge in [0, 0.05) is 0 Å². The van der Waals surface area contributed by atoms with Gasteiger partial charge in [-0.2, -0.15) is 0 Å². The zero-order valence-corrected chi connectivity index (χ0v) is 7.27.